The third-order valence-corrected chi connectivity index (χ3v) is 9.54. The summed E-state index contributed by atoms with van der Waals surface area (Å²) in [4.78, 5) is 28.0. The monoisotopic (exact) mass is 584 g/mol. The van der Waals surface area contributed by atoms with Crippen LogP contribution in [-0.2, 0) is 9.59 Å². The number of hydrogen-bond acceptors (Lipinski definition) is 9. The number of anilines is 2. The average Bonchev–Trinajstić information content (AvgIpc) is 3.37. The lowest BCUT2D eigenvalue weighted by Crippen LogP contribution is -2.42. The van der Waals surface area contributed by atoms with Gasteiger partial charge < -0.3 is 11.1 Å². The molecule has 0 bridgehead atoms. The van der Waals surface area contributed by atoms with Gasteiger partial charge in [0.25, 0.3) is 0 Å². The fourth-order valence-corrected chi connectivity index (χ4v) is 6.99. The molecule has 1 atom stereocenters. The van der Waals surface area contributed by atoms with E-state index in [0.29, 0.717) is 33.5 Å². The number of benzene rings is 2. The molecule has 41 heavy (non-hydrogen) atoms. The molecule has 3 N–H and O–H groups in total. The van der Waals surface area contributed by atoms with Crippen LogP contribution in [0, 0.1) is 37.5 Å². The number of Topliss-reactive ketones (excluding diaryl/α,β-unsaturated/α-hetero) is 1. The van der Waals surface area contributed by atoms with E-state index >= 15 is 0 Å². The first-order valence-electron chi connectivity index (χ1n) is 13.3. The standard InChI is InChI=1S/C31H32N6O2S2/c1-17-6-9-20(10-7-17)26-22(15-32)28(33)37(23-13-31(4,5)14-24(38)27(23)26)29-35-36-30(41-29)40-16-25(39)34-21-11-8-18(2)19(3)12-21/h6-12,26H,13-14,16,33H2,1-5H3,(H,34,39). The van der Waals surface area contributed by atoms with Crippen molar-refractivity contribution in [2.75, 3.05) is 16.0 Å². The second-order valence-electron chi connectivity index (χ2n) is 11.4. The molecule has 1 unspecified atom stereocenters. The molecule has 1 amide bonds. The molecular weight excluding hydrogens is 553 g/mol. The fourth-order valence-electron chi connectivity index (χ4n) is 5.31. The van der Waals surface area contributed by atoms with Crippen LogP contribution in [0.2, 0.25) is 0 Å². The highest BCUT2D eigenvalue weighted by molar-refractivity contribution is 8.01. The molecule has 2 aliphatic rings. The fraction of sp³-hybridized carbons (Fsp3) is 0.323. The van der Waals surface area contributed by atoms with Gasteiger partial charge in [0.2, 0.25) is 11.0 Å². The van der Waals surface area contributed by atoms with Gasteiger partial charge in [-0.15, -0.1) is 10.2 Å². The number of nitrogens with zero attached hydrogens (tertiary/aromatic N) is 4. The molecule has 0 saturated carbocycles. The molecule has 1 aliphatic heterocycles. The summed E-state index contributed by atoms with van der Waals surface area (Å²) in [6, 6.07) is 16.0. The smallest absolute Gasteiger partial charge is 0.234 e. The number of amides is 1. The number of rotatable bonds is 6. The summed E-state index contributed by atoms with van der Waals surface area (Å²) in [5.41, 5.74) is 13.1. The van der Waals surface area contributed by atoms with Gasteiger partial charge in [0.05, 0.1) is 23.3 Å². The third-order valence-electron chi connectivity index (χ3n) is 7.50. The Morgan fingerprint density at radius 2 is 1.88 bits per heavy atom. The van der Waals surface area contributed by atoms with E-state index in [1.807, 2.05) is 63.2 Å². The highest BCUT2D eigenvalue weighted by Crippen LogP contribution is 2.50. The first-order valence-corrected chi connectivity index (χ1v) is 15.1. The predicted molar refractivity (Wildman–Crippen MR) is 163 cm³/mol. The Morgan fingerprint density at radius 3 is 2.56 bits per heavy atom. The molecule has 210 valence electrons. The van der Waals surface area contributed by atoms with Crippen LogP contribution < -0.4 is 16.0 Å². The summed E-state index contributed by atoms with van der Waals surface area (Å²) >= 11 is 2.56. The van der Waals surface area contributed by atoms with Gasteiger partial charge in [0, 0.05) is 23.4 Å². The van der Waals surface area contributed by atoms with E-state index in [4.69, 9.17) is 5.73 Å². The Balaban J connectivity index is 1.45. The zero-order chi connectivity index (χ0) is 29.5. The van der Waals surface area contributed by atoms with Gasteiger partial charge in [0.15, 0.2) is 10.1 Å². The van der Waals surface area contributed by atoms with Crippen molar-refractivity contribution in [2.24, 2.45) is 11.1 Å². The van der Waals surface area contributed by atoms with Crippen LogP contribution in [0.1, 0.15) is 54.9 Å². The number of aromatic nitrogens is 2. The quantitative estimate of drug-likeness (QED) is 0.331. The topological polar surface area (TPSA) is 125 Å². The Hall–Kier alpha value is -3.94. The second kappa shape index (κ2) is 11.1. The summed E-state index contributed by atoms with van der Waals surface area (Å²) in [5.74, 6) is -0.265. The molecule has 0 fully saturated rings. The number of hydrogen-bond donors (Lipinski definition) is 2. The molecule has 0 radical (unpaired) electrons. The van der Waals surface area contributed by atoms with Crippen LogP contribution in [0.15, 0.2) is 69.5 Å². The van der Waals surface area contributed by atoms with Crippen molar-refractivity contribution in [3.8, 4) is 6.07 Å². The lowest BCUT2D eigenvalue weighted by molar-refractivity contribution is -0.118. The van der Waals surface area contributed by atoms with Gasteiger partial charge in [0.1, 0.15) is 5.82 Å². The third kappa shape index (κ3) is 5.78. The molecule has 0 saturated heterocycles. The molecular formula is C31H32N6O2S2. The Labute approximate surface area is 248 Å². The average molecular weight is 585 g/mol. The largest absolute Gasteiger partial charge is 0.384 e. The SMILES string of the molecule is Cc1ccc(C2C(C#N)=C(N)N(c3nnc(SCC(=O)Nc4ccc(C)c(C)c4)s3)C3=C2C(=O)CC(C)(C)C3)cc1. The minimum absolute atomic E-state index is 0.00852. The molecule has 2 heterocycles. The first-order chi connectivity index (χ1) is 19.5. The van der Waals surface area contributed by atoms with Crippen molar-refractivity contribution < 1.29 is 9.59 Å². The highest BCUT2D eigenvalue weighted by Gasteiger charge is 2.45. The molecule has 1 aromatic heterocycles. The lowest BCUT2D eigenvalue weighted by atomic mass is 9.68. The summed E-state index contributed by atoms with van der Waals surface area (Å²) in [6.45, 7) is 10.1. The van der Waals surface area contributed by atoms with E-state index in [2.05, 4.69) is 35.4 Å². The molecule has 5 rings (SSSR count). The number of ketones is 1. The van der Waals surface area contributed by atoms with Crippen LogP contribution >= 0.6 is 23.1 Å². The summed E-state index contributed by atoms with van der Waals surface area (Å²) in [7, 11) is 0. The molecule has 0 spiro atoms. The Bertz CT molecular complexity index is 1650. The van der Waals surface area contributed by atoms with Crippen LogP contribution in [0.5, 0.6) is 0 Å². The maximum atomic E-state index is 13.7. The van der Waals surface area contributed by atoms with Crippen molar-refractivity contribution in [1.82, 2.24) is 10.2 Å². The van der Waals surface area contributed by atoms with E-state index < -0.39 is 5.92 Å². The van der Waals surface area contributed by atoms with Crippen molar-refractivity contribution in [3.05, 3.63) is 87.4 Å². The van der Waals surface area contributed by atoms with E-state index in [0.717, 1.165) is 33.6 Å². The number of carbonyl (C=O) groups is 2. The van der Waals surface area contributed by atoms with E-state index in [-0.39, 0.29) is 28.7 Å². The van der Waals surface area contributed by atoms with Crippen molar-refractivity contribution >= 4 is 45.6 Å². The van der Waals surface area contributed by atoms with Crippen molar-refractivity contribution in [3.63, 3.8) is 0 Å². The minimum Gasteiger partial charge on any atom is -0.384 e. The Morgan fingerprint density at radius 1 is 1.15 bits per heavy atom. The molecule has 8 nitrogen and oxygen atoms in total. The number of nitrogens with one attached hydrogen (secondary N) is 1. The molecule has 3 aromatic rings. The maximum Gasteiger partial charge on any atom is 0.234 e. The van der Waals surface area contributed by atoms with Gasteiger partial charge >= 0.3 is 0 Å². The Kier molecular flexibility index (Phi) is 7.77. The van der Waals surface area contributed by atoms with Crippen LogP contribution in [0.4, 0.5) is 10.8 Å². The number of aryl methyl sites for hydroxylation is 3. The zero-order valence-electron chi connectivity index (χ0n) is 23.7. The first kappa shape index (κ1) is 28.6. The summed E-state index contributed by atoms with van der Waals surface area (Å²) < 4.78 is 0.589. The summed E-state index contributed by atoms with van der Waals surface area (Å²) in [5, 5.41) is 22.3. The molecule has 2 aromatic carbocycles. The maximum absolute atomic E-state index is 13.7. The normalized spacial score (nSPS) is 18.3. The van der Waals surface area contributed by atoms with Gasteiger partial charge in [-0.1, -0.05) is 72.8 Å². The minimum atomic E-state index is -0.536. The molecule has 10 heteroatoms. The van der Waals surface area contributed by atoms with Gasteiger partial charge in [-0.3, -0.25) is 14.5 Å². The second-order valence-corrected chi connectivity index (χ2v) is 13.6. The number of nitriles is 1. The van der Waals surface area contributed by atoms with Gasteiger partial charge in [-0.25, -0.2) is 0 Å². The highest BCUT2D eigenvalue weighted by atomic mass is 32.2. The zero-order valence-corrected chi connectivity index (χ0v) is 25.4. The van der Waals surface area contributed by atoms with E-state index in [1.54, 1.807) is 4.90 Å². The van der Waals surface area contributed by atoms with Gasteiger partial charge in [-0.05, 0) is 61.4 Å². The number of allylic oxidation sites excluding steroid dienone is 3. The lowest BCUT2D eigenvalue weighted by Gasteiger charge is -2.42. The van der Waals surface area contributed by atoms with E-state index in [1.165, 1.54) is 23.1 Å². The number of carbonyl (C=O) groups excluding carboxylic acids is 2. The van der Waals surface area contributed by atoms with Crippen LogP contribution in [-0.4, -0.2) is 27.6 Å². The van der Waals surface area contributed by atoms with Crippen molar-refractivity contribution in [2.45, 2.75) is 57.7 Å². The molecule has 1 aliphatic carbocycles. The van der Waals surface area contributed by atoms with E-state index in [9.17, 15) is 14.9 Å². The van der Waals surface area contributed by atoms with Crippen LogP contribution in [0.3, 0.4) is 0 Å². The van der Waals surface area contributed by atoms with Crippen molar-refractivity contribution in [1.29, 1.82) is 5.26 Å². The van der Waals surface area contributed by atoms with Gasteiger partial charge in [-0.2, -0.15) is 5.26 Å². The number of nitrogens with two attached hydrogens (primary N) is 1. The summed E-state index contributed by atoms with van der Waals surface area (Å²) in [6.07, 6.45) is 0.976. The number of thioether (sulfide) groups is 1. The predicted octanol–water partition coefficient (Wildman–Crippen LogP) is 6.14. The van der Waals surface area contributed by atoms with Crippen LogP contribution in [0.25, 0.3) is 0 Å².